The molecule has 2 rings (SSSR count). The summed E-state index contributed by atoms with van der Waals surface area (Å²) in [4.78, 5) is 26.0. The topological polar surface area (TPSA) is 55.8 Å². The van der Waals surface area contributed by atoms with Crippen LogP contribution in [0.2, 0.25) is 0 Å². The van der Waals surface area contributed by atoms with Crippen molar-refractivity contribution in [3.63, 3.8) is 0 Å². The maximum absolute atomic E-state index is 12.3. The number of rotatable bonds is 2. The van der Waals surface area contributed by atoms with Gasteiger partial charge in [-0.05, 0) is 58.2 Å². The zero-order chi connectivity index (χ0) is 16.3. The van der Waals surface area contributed by atoms with E-state index in [1.54, 1.807) is 32.9 Å². The van der Waals surface area contributed by atoms with Crippen LogP contribution in [0.15, 0.2) is 24.3 Å². The van der Waals surface area contributed by atoms with Crippen molar-refractivity contribution in [1.82, 2.24) is 4.90 Å². The molecule has 1 aromatic carbocycles. The fraction of sp³-hybridized carbons (Fsp3) is 0.529. The number of carbonyl (C=O) groups is 2. The van der Waals surface area contributed by atoms with Crippen molar-refractivity contribution < 1.29 is 19.1 Å². The predicted octanol–water partition coefficient (Wildman–Crippen LogP) is 3.30. The standard InChI is InChI=1S/C17H23NO4/c1-12-7-5-8-13(11-12)21-15(19)14-9-6-10-18(14)16(20)22-17(2,3)4/h5,7-8,11,14H,6,9-10H2,1-4H3/t14-/m0/s1. The number of hydrogen-bond acceptors (Lipinski definition) is 4. The molecule has 0 bridgehead atoms. The Hall–Kier alpha value is -2.04. The molecule has 0 unspecified atom stereocenters. The molecule has 0 aliphatic carbocycles. The van der Waals surface area contributed by atoms with Crippen LogP contribution in [0, 0.1) is 6.92 Å². The number of esters is 1. The summed E-state index contributed by atoms with van der Waals surface area (Å²) in [5.41, 5.74) is 0.436. The molecule has 120 valence electrons. The lowest BCUT2D eigenvalue weighted by molar-refractivity contribution is -0.139. The number of hydrogen-bond donors (Lipinski definition) is 0. The lowest BCUT2D eigenvalue weighted by atomic mass is 10.2. The van der Waals surface area contributed by atoms with Crippen molar-refractivity contribution in [2.75, 3.05) is 6.54 Å². The minimum atomic E-state index is -0.579. The van der Waals surface area contributed by atoms with E-state index in [2.05, 4.69) is 0 Å². The van der Waals surface area contributed by atoms with Crippen molar-refractivity contribution in [1.29, 1.82) is 0 Å². The van der Waals surface area contributed by atoms with E-state index in [9.17, 15) is 9.59 Å². The summed E-state index contributed by atoms with van der Waals surface area (Å²) in [5, 5.41) is 0. The lowest BCUT2D eigenvalue weighted by Gasteiger charge is -2.27. The Bertz CT molecular complexity index is 562. The summed E-state index contributed by atoms with van der Waals surface area (Å²) in [6.07, 6.45) is 0.910. The van der Waals surface area contributed by atoms with Gasteiger partial charge in [0.1, 0.15) is 17.4 Å². The van der Waals surface area contributed by atoms with Gasteiger partial charge in [0.15, 0.2) is 0 Å². The largest absolute Gasteiger partial charge is 0.444 e. The second kappa shape index (κ2) is 6.38. The van der Waals surface area contributed by atoms with E-state index in [0.717, 1.165) is 12.0 Å². The summed E-state index contributed by atoms with van der Waals surface area (Å²) in [5.74, 6) is 0.0926. The quantitative estimate of drug-likeness (QED) is 0.621. The van der Waals surface area contributed by atoms with E-state index < -0.39 is 23.7 Å². The van der Waals surface area contributed by atoms with Crippen molar-refractivity contribution >= 4 is 12.1 Å². The summed E-state index contributed by atoms with van der Waals surface area (Å²) in [6, 6.07) is 6.72. The number of benzene rings is 1. The van der Waals surface area contributed by atoms with Gasteiger partial charge in [-0.25, -0.2) is 9.59 Å². The van der Waals surface area contributed by atoms with Gasteiger partial charge in [0.05, 0.1) is 0 Å². The van der Waals surface area contributed by atoms with E-state index in [1.807, 2.05) is 19.1 Å². The molecule has 0 radical (unpaired) electrons. The van der Waals surface area contributed by atoms with Gasteiger partial charge in [0.2, 0.25) is 0 Å². The van der Waals surface area contributed by atoms with Gasteiger partial charge >= 0.3 is 12.1 Å². The van der Waals surface area contributed by atoms with Gasteiger partial charge in [0, 0.05) is 6.54 Å². The van der Waals surface area contributed by atoms with E-state index in [0.29, 0.717) is 18.7 Å². The van der Waals surface area contributed by atoms with Crippen LogP contribution in [0.4, 0.5) is 4.79 Å². The lowest BCUT2D eigenvalue weighted by Crippen LogP contribution is -2.44. The van der Waals surface area contributed by atoms with Crippen LogP contribution in [-0.2, 0) is 9.53 Å². The molecule has 22 heavy (non-hydrogen) atoms. The first-order valence-corrected chi connectivity index (χ1v) is 7.54. The maximum Gasteiger partial charge on any atom is 0.411 e. The van der Waals surface area contributed by atoms with Gasteiger partial charge in [-0.15, -0.1) is 0 Å². The molecule has 1 amide bonds. The molecule has 0 aromatic heterocycles. The van der Waals surface area contributed by atoms with Crippen LogP contribution < -0.4 is 4.74 Å². The molecule has 1 heterocycles. The molecule has 1 atom stereocenters. The third kappa shape index (κ3) is 4.23. The maximum atomic E-state index is 12.3. The normalized spacial score (nSPS) is 18.2. The third-order valence-electron chi connectivity index (χ3n) is 3.36. The zero-order valence-corrected chi connectivity index (χ0v) is 13.6. The molecule has 1 aliphatic heterocycles. The van der Waals surface area contributed by atoms with Gasteiger partial charge < -0.3 is 9.47 Å². The van der Waals surface area contributed by atoms with Crippen LogP contribution >= 0.6 is 0 Å². The minimum Gasteiger partial charge on any atom is -0.444 e. The van der Waals surface area contributed by atoms with Gasteiger partial charge in [0.25, 0.3) is 0 Å². The molecular weight excluding hydrogens is 282 g/mol. The van der Waals surface area contributed by atoms with Crippen molar-refractivity contribution in [3.05, 3.63) is 29.8 Å². The molecule has 0 N–H and O–H groups in total. The molecule has 0 saturated carbocycles. The second-order valence-corrected chi connectivity index (χ2v) is 6.57. The first-order chi connectivity index (χ1) is 10.3. The Labute approximate surface area is 131 Å². The van der Waals surface area contributed by atoms with Crippen LogP contribution in [0.25, 0.3) is 0 Å². The Balaban J connectivity index is 2.03. The molecule has 5 heteroatoms. The molecule has 0 spiro atoms. The first kappa shape index (κ1) is 16.3. The fourth-order valence-electron chi connectivity index (χ4n) is 2.41. The van der Waals surface area contributed by atoms with Crippen molar-refractivity contribution in [3.8, 4) is 5.75 Å². The van der Waals surface area contributed by atoms with E-state index in [1.165, 1.54) is 4.90 Å². The molecule has 5 nitrogen and oxygen atoms in total. The number of aryl methyl sites for hydroxylation is 1. The number of likely N-dealkylation sites (tertiary alicyclic amines) is 1. The number of amides is 1. The minimum absolute atomic E-state index is 0.408. The number of ether oxygens (including phenoxy) is 2. The van der Waals surface area contributed by atoms with Crippen LogP contribution in [-0.4, -0.2) is 35.2 Å². The van der Waals surface area contributed by atoms with Crippen LogP contribution in [0.3, 0.4) is 0 Å². The monoisotopic (exact) mass is 305 g/mol. The summed E-state index contributed by atoms with van der Waals surface area (Å²) in [6.45, 7) is 7.87. The second-order valence-electron chi connectivity index (χ2n) is 6.57. The van der Waals surface area contributed by atoms with Gasteiger partial charge in [-0.2, -0.15) is 0 Å². The SMILES string of the molecule is Cc1cccc(OC(=O)[C@@H]2CCCN2C(=O)OC(C)(C)C)c1. The Morgan fingerprint density at radius 2 is 2.00 bits per heavy atom. The average molecular weight is 305 g/mol. The van der Waals surface area contributed by atoms with Crippen LogP contribution in [0.1, 0.15) is 39.2 Å². The summed E-state index contributed by atoms with van der Waals surface area (Å²) < 4.78 is 10.8. The molecular formula is C17H23NO4. The molecule has 1 saturated heterocycles. The van der Waals surface area contributed by atoms with Gasteiger partial charge in [-0.1, -0.05) is 12.1 Å². The fourth-order valence-corrected chi connectivity index (χ4v) is 2.41. The first-order valence-electron chi connectivity index (χ1n) is 7.54. The van der Waals surface area contributed by atoms with Gasteiger partial charge in [-0.3, -0.25) is 4.90 Å². The highest BCUT2D eigenvalue weighted by Gasteiger charge is 2.37. The highest BCUT2D eigenvalue weighted by atomic mass is 16.6. The van der Waals surface area contributed by atoms with E-state index in [-0.39, 0.29) is 0 Å². The molecule has 1 fully saturated rings. The van der Waals surface area contributed by atoms with E-state index in [4.69, 9.17) is 9.47 Å². The predicted molar refractivity (Wildman–Crippen MR) is 82.8 cm³/mol. The molecule has 1 aliphatic rings. The smallest absolute Gasteiger partial charge is 0.411 e. The number of carbonyl (C=O) groups excluding carboxylic acids is 2. The van der Waals surface area contributed by atoms with E-state index >= 15 is 0 Å². The number of nitrogens with zero attached hydrogens (tertiary/aromatic N) is 1. The molecule has 1 aromatic rings. The zero-order valence-electron chi connectivity index (χ0n) is 13.6. The highest BCUT2D eigenvalue weighted by Crippen LogP contribution is 2.23. The average Bonchev–Trinajstić information content (AvgIpc) is 2.85. The Kier molecular flexibility index (Phi) is 4.74. The third-order valence-corrected chi connectivity index (χ3v) is 3.36. The van der Waals surface area contributed by atoms with Crippen molar-refractivity contribution in [2.24, 2.45) is 0 Å². The summed E-state index contributed by atoms with van der Waals surface area (Å²) >= 11 is 0. The Morgan fingerprint density at radius 3 is 2.64 bits per heavy atom. The summed E-state index contributed by atoms with van der Waals surface area (Å²) in [7, 11) is 0. The van der Waals surface area contributed by atoms with Crippen LogP contribution in [0.5, 0.6) is 5.75 Å². The highest BCUT2D eigenvalue weighted by molar-refractivity contribution is 5.83. The van der Waals surface area contributed by atoms with Crippen molar-refractivity contribution in [2.45, 2.75) is 52.2 Å². The Morgan fingerprint density at radius 1 is 1.27 bits per heavy atom.